The smallest absolute Gasteiger partial charge is 0.325 e. The Balaban J connectivity index is 1.81. The zero-order valence-corrected chi connectivity index (χ0v) is 19.5. The normalized spacial score (nSPS) is 15.5. The molecule has 0 saturated carbocycles. The van der Waals surface area contributed by atoms with Gasteiger partial charge in [-0.05, 0) is 38.0 Å². The van der Waals surface area contributed by atoms with Crippen molar-refractivity contribution < 1.29 is 23.9 Å². The highest BCUT2D eigenvalue weighted by Crippen LogP contribution is 2.26. The van der Waals surface area contributed by atoms with Crippen molar-refractivity contribution in [2.75, 3.05) is 18.9 Å². The Morgan fingerprint density at radius 1 is 1.27 bits per heavy atom. The van der Waals surface area contributed by atoms with Crippen LogP contribution < -0.4 is 16.0 Å². The van der Waals surface area contributed by atoms with Crippen molar-refractivity contribution in [3.05, 3.63) is 35.2 Å². The molecule has 0 spiro atoms. The minimum absolute atomic E-state index is 0.0188. The number of carbonyl (C=O) groups is 4. The third-order valence-corrected chi connectivity index (χ3v) is 5.75. The highest BCUT2D eigenvalue weighted by molar-refractivity contribution is 7.99. The van der Waals surface area contributed by atoms with E-state index in [1.54, 1.807) is 6.92 Å². The van der Waals surface area contributed by atoms with Crippen molar-refractivity contribution in [1.82, 2.24) is 30.7 Å². The van der Waals surface area contributed by atoms with Gasteiger partial charge in [0.2, 0.25) is 11.8 Å². The molecule has 176 valence electrons. The molecule has 1 aromatic heterocycles. The molecule has 1 atom stereocenters. The van der Waals surface area contributed by atoms with E-state index in [4.69, 9.17) is 4.74 Å². The van der Waals surface area contributed by atoms with Crippen LogP contribution in [0.1, 0.15) is 30.3 Å². The average Bonchev–Trinajstić information content (AvgIpc) is 3.14. The van der Waals surface area contributed by atoms with Gasteiger partial charge < -0.3 is 15.4 Å². The summed E-state index contributed by atoms with van der Waals surface area (Å²) in [6.07, 6.45) is 0.416. The number of imide groups is 1. The molecule has 3 rings (SSSR count). The number of rotatable bonds is 9. The zero-order valence-electron chi connectivity index (χ0n) is 18.6. The molecule has 3 N–H and O–H groups in total. The number of carbonyl (C=O) groups excluding carboxylic acids is 4. The van der Waals surface area contributed by atoms with Crippen molar-refractivity contribution >= 4 is 35.6 Å². The summed E-state index contributed by atoms with van der Waals surface area (Å²) in [5.41, 5.74) is 2.85. The lowest BCUT2D eigenvalue weighted by Gasteiger charge is -2.23. The molecular formula is C21H26N6O5S. The van der Waals surface area contributed by atoms with Crippen LogP contribution in [0.4, 0.5) is 4.79 Å². The standard InChI is InChI=1S/C21H26N6O5S/c1-4-32-19(30)10-22-18(29)11-33-21-26-25-16(8-14-9-17(28)24-20(31)23-14)27(21)15-7-12(2)5-6-13(15)3/h5-7,14H,4,8-11H2,1-3H3,(H,22,29)(H2,23,24,28,31). The molecule has 1 aromatic carbocycles. The molecular weight excluding hydrogens is 448 g/mol. The molecule has 1 saturated heterocycles. The van der Waals surface area contributed by atoms with Crippen molar-refractivity contribution in [3.8, 4) is 5.69 Å². The van der Waals surface area contributed by atoms with E-state index in [2.05, 4.69) is 26.1 Å². The first-order valence-electron chi connectivity index (χ1n) is 10.4. The summed E-state index contributed by atoms with van der Waals surface area (Å²) in [6, 6.07) is 4.99. The van der Waals surface area contributed by atoms with E-state index >= 15 is 0 Å². The Labute approximate surface area is 195 Å². The van der Waals surface area contributed by atoms with Gasteiger partial charge in [-0.2, -0.15) is 0 Å². The molecule has 4 amide bonds. The predicted octanol–water partition coefficient (Wildman–Crippen LogP) is 0.796. The number of esters is 1. The first kappa shape index (κ1) is 24.2. The molecule has 11 nitrogen and oxygen atoms in total. The second-order valence-electron chi connectivity index (χ2n) is 7.52. The maximum Gasteiger partial charge on any atom is 0.325 e. The summed E-state index contributed by atoms with van der Waals surface area (Å²) in [5.74, 6) is -0.630. The van der Waals surface area contributed by atoms with Crippen molar-refractivity contribution in [3.63, 3.8) is 0 Å². The average molecular weight is 475 g/mol. The van der Waals surface area contributed by atoms with Gasteiger partial charge in [-0.3, -0.25) is 24.3 Å². The second kappa shape index (κ2) is 10.9. The number of amides is 4. The lowest BCUT2D eigenvalue weighted by Crippen LogP contribution is -2.53. The van der Waals surface area contributed by atoms with Crippen LogP contribution in [0.5, 0.6) is 0 Å². The first-order chi connectivity index (χ1) is 15.8. The number of nitrogens with zero attached hydrogens (tertiary/aromatic N) is 3. The molecule has 33 heavy (non-hydrogen) atoms. The second-order valence-corrected chi connectivity index (χ2v) is 8.46. The fraction of sp³-hybridized carbons (Fsp3) is 0.429. The number of ether oxygens (including phenoxy) is 1. The molecule has 2 aromatic rings. The molecule has 1 fully saturated rings. The highest BCUT2D eigenvalue weighted by atomic mass is 32.2. The number of aromatic nitrogens is 3. The lowest BCUT2D eigenvalue weighted by atomic mass is 10.1. The van der Waals surface area contributed by atoms with E-state index in [9.17, 15) is 19.2 Å². The summed E-state index contributed by atoms with van der Waals surface area (Å²) in [6.45, 7) is 5.65. The van der Waals surface area contributed by atoms with Gasteiger partial charge >= 0.3 is 12.0 Å². The van der Waals surface area contributed by atoms with Crippen LogP contribution >= 0.6 is 11.8 Å². The van der Waals surface area contributed by atoms with E-state index in [1.165, 1.54) is 11.8 Å². The summed E-state index contributed by atoms with van der Waals surface area (Å²) >= 11 is 1.17. The Kier molecular flexibility index (Phi) is 8.04. The van der Waals surface area contributed by atoms with Gasteiger partial charge in [0.05, 0.1) is 18.0 Å². The fourth-order valence-electron chi connectivity index (χ4n) is 3.31. The quantitative estimate of drug-likeness (QED) is 0.357. The van der Waals surface area contributed by atoms with E-state index in [1.807, 2.05) is 36.6 Å². The van der Waals surface area contributed by atoms with Crippen LogP contribution in [-0.4, -0.2) is 63.5 Å². The zero-order chi connectivity index (χ0) is 24.0. The number of aryl methyl sites for hydroxylation is 2. The monoisotopic (exact) mass is 474 g/mol. The van der Waals surface area contributed by atoms with Gasteiger partial charge in [0, 0.05) is 18.9 Å². The van der Waals surface area contributed by atoms with Crippen molar-refractivity contribution in [2.45, 2.75) is 44.8 Å². The third kappa shape index (κ3) is 6.54. The Morgan fingerprint density at radius 2 is 2.06 bits per heavy atom. The SMILES string of the molecule is CCOC(=O)CNC(=O)CSc1nnc(CC2CC(=O)NC(=O)N2)n1-c1cc(C)ccc1C. The summed E-state index contributed by atoms with van der Waals surface area (Å²) in [4.78, 5) is 47.1. The largest absolute Gasteiger partial charge is 0.465 e. The van der Waals surface area contributed by atoms with Gasteiger partial charge in [-0.25, -0.2) is 4.79 Å². The molecule has 1 unspecified atom stereocenters. The molecule has 1 aliphatic rings. The van der Waals surface area contributed by atoms with Gasteiger partial charge in [0.1, 0.15) is 12.4 Å². The van der Waals surface area contributed by atoms with Gasteiger partial charge in [-0.1, -0.05) is 23.9 Å². The Morgan fingerprint density at radius 3 is 2.79 bits per heavy atom. The Hall–Kier alpha value is -3.41. The number of nitrogens with one attached hydrogen (secondary N) is 3. The number of thioether (sulfide) groups is 1. The molecule has 0 radical (unpaired) electrons. The molecule has 12 heteroatoms. The maximum atomic E-state index is 12.2. The molecule has 1 aliphatic heterocycles. The van der Waals surface area contributed by atoms with Crippen LogP contribution in [0.15, 0.2) is 23.4 Å². The maximum absolute atomic E-state index is 12.2. The summed E-state index contributed by atoms with van der Waals surface area (Å²) in [7, 11) is 0. The molecule has 0 aliphatic carbocycles. The lowest BCUT2D eigenvalue weighted by molar-refractivity contribution is -0.143. The third-order valence-electron chi connectivity index (χ3n) is 4.82. The predicted molar refractivity (Wildman–Crippen MR) is 120 cm³/mol. The fourth-order valence-corrected chi connectivity index (χ4v) is 4.10. The van der Waals surface area contributed by atoms with Crippen LogP contribution in [0, 0.1) is 13.8 Å². The number of hydrogen-bond donors (Lipinski definition) is 3. The van der Waals surface area contributed by atoms with Gasteiger partial charge in [0.25, 0.3) is 0 Å². The van der Waals surface area contributed by atoms with E-state index in [0.717, 1.165) is 16.8 Å². The molecule has 2 heterocycles. The van der Waals surface area contributed by atoms with Crippen LogP contribution in [0.3, 0.4) is 0 Å². The Bertz CT molecular complexity index is 1050. The topological polar surface area (TPSA) is 144 Å². The van der Waals surface area contributed by atoms with Crippen LogP contribution in [0.25, 0.3) is 5.69 Å². The summed E-state index contributed by atoms with van der Waals surface area (Å²) in [5, 5.41) is 16.5. The van der Waals surface area contributed by atoms with Crippen molar-refractivity contribution in [2.24, 2.45) is 0 Å². The van der Waals surface area contributed by atoms with E-state index in [0.29, 0.717) is 11.0 Å². The van der Waals surface area contributed by atoms with Crippen molar-refractivity contribution in [1.29, 1.82) is 0 Å². The number of urea groups is 1. The summed E-state index contributed by atoms with van der Waals surface area (Å²) < 4.78 is 6.64. The minimum atomic E-state index is -0.540. The first-order valence-corrected chi connectivity index (χ1v) is 11.4. The number of benzene rings is 1. The minimum Gasteiger partial charge on any atom is -0.465 e. The van der Waals surface area contributed by atoms with Crippen LogP contribution in [0.2, 0.25) is 0 Å². The highest BCUT2D eigenvalue weighted by Gasteiger charge is 2.27. The number of hydrogen-bond acceptors (Lipinski definition) is 8. The molecule has 0 bridgehead atoms. The van der Waals surface area contributed by atoms with E-state index in [-0.39, 0.29) is 43.6 Å². The van der Waals surface area contributed by atoms with E-state index < -0.39 is 18.0 Å². The van der Waals surface area contributed by atoms with Gasteiger partial charge in [0.15, 0.2) is 5.16 Å². The van der Waals surface area contributed by atoms with Crippen LogP contribution in [-0.2, 0) is 25.5 Å². The van der Waals surface area contributed by atoms with Gasteiger partial charge in [-0.15, -0.1) is 10.2 Å².